The maximum absolute atomic E-state index is 12.0. The number of aryl methyl sites for hydroxylation is 1. The molecule has 1 aliphatic carbocycles. The van der Waals surface area contributed by atoms with E-state index in [0.717, 1.165) is 47.6 Å². The number of aromatic nitrogens is 1. The molecule has 21 heavy (non-hydrogen) atoms. The number of carbonyl (C=O) groups is 1. The third kappa shape index (κ3) is 3.15. The number of rotatable bonds is 1. The number of thiazole rings is 1. The molecule has 0 aromatic carbocycles. The summed E-state index contributed by atoms with van der Waals surface area (Å²) in [6.45, 7) is 9.24. The summed E-state index contributed by atoms with van der Waals surface area (Å²) in [7, 11) is 0. The minimum Gasteiger partial charge on any atom is -0.348 e. The lowest BCUT2D eigenvalue weighted by Crippen LogP contribution is -2.26. The van der Waals surface area contributed by atoms with Crippen molar-refractivity contribution < 1.29 is 4.79 Å². The standard InChI is InChI=1S/C17H26N2OS/c1-17(2,3)12-6-5-10-19(11-9-12)16-18-13-7-4-8-14(20)15(13)21-16/h12H,4-11H2,1-3H3. The molecule has 3 nitrogen and oxygen atoms in total. The van der Waals surface area contributed by atoms with Gasteiger partial charge in [0.15, 0.2) is 10.9 Å². The highest BCUT2D eigenvalue weighted by molar-refractivity contribution is 7.17. The van der Waals surface area contributed by atoms with Crippen molar-refractivity contribution in [2.75, 3.05) is 18.0 Å². The first-order valence-corrected chi connectivity index (χ1v) is 9.04. The second-order valence-corrected chi connectivity index (χ2v) is 8.51. The van der Waals surface area contributed by atoms with Gasteiger partial charge in [-0.15, -0.1) is 0 Å². The monoisotopic (exact) mass is 306 g/mol. The van der Waals surface area contributed by atoms with Crippen LogP contribution >= 0.6 is 11.3 Å². The lowest BCUT2D eigenvalue weighted by Gasteiger charge is -2.29. The first-order chi connectivity index (χ1) is 9.95. The number of anilines is 1. The fourth-order valence-corrected chi connectivity index (χ4v) is 4.68. The Morgan fingerprint density at radius 3 is 2.67 bits per heavy atom. The molecule has 0 amide bonds. The molecule has 4 heteroatoms. The number of carbonyl (C=O) groups excluding carboxylic acids is 1. The molecule has 116 valence electrons. The summed E-state index contributed by atoms with van der Waals surface area (Å²) in [6, 6.07) is 0. The van der Waals surface area contributed by atoms with E-state index in [1.165, 1.54) is 19.3 Å². The fraction of sp³-hybridized carbons (Fsp3) is 0.765. The number of nitrogens with zero attached hydrogens (tertiary/aromatic N) is 2. The summed E-state index contributed by atoms with van der Waals surface area (Å²) in [6.07, 6.45) is 6.45. The summed E-state index contributed by atoms with van der Waals surface area (Å²) < 4.78 is 0. The van der Waals surface area contributed by atoms with E-state index in [0.29, 0.717) is 17.6 Å². The Kier molecular flexibility index (Phi) is 4.08. The molecule has 1 fully saturated rings. The topological polar surface area (TPSA) is 33.2 Å². The van der Waals surface area contributed by atoms with E-state index in [4.69, 9.17) is 4.98 Å². The molecule has 1 unspecified atom stereocenters. The van der Waals surface area contributed by atoms with E-state index in [9.17, 15) is 4.79 Å². The third-order valence-corrected chi connectivity index (χ3v) is 6.18. The SMILES string of the molecule is CC(C)(C)C1CCCN(c2nc3c(s2)C(=O)CCC3)CC1. The molecule has 0 saturated carbocycles. The van der Waals surface area contributed by atoms with Crippen molar-refractivity contribution >= 4 is 22.3 Å². The number of hydrogen-bond acceptors (Lipinski definition) is 4. The second kappa shape index (κ2) is 5.71. The summed E-state index contributed by atoms with van der Waals surface area (Å²) >= 11 is 1.63. The number of fused-ring (bicyclic) bond motifs is 1. The molecule has 1 aromatic rings. The maximum atomic E-state index is 12.0. The van der Waals surface area contributed by atoms with Crippen LogP contribution in [0.3, 0.4) is 0 Å². The Morgan fingerprint density at radius 2 is 1.95 bits per heavy atom. The van der Waals surface area contributed by atoms with Crippen LogP contribution in [0.2, 0.25) is 0 Å². The van der Waals surface area contributed by atoms with Gasteiger partial charge in [-0.3, -0.25) is 4.79 Å². The molecule has 2 aliphatic rings. The molecule has 0 N–H and O–H groups in total. The van der Waals surface area contributed by atoms with Gasteiger partial charge < -0.3 is 4.90 Å². The molecule has 1 aromatic heterocycles. The van der Waals surface area contributed by atoms with Crippen molar-refractivity contribution in [1.29, 1.82) is 0 Å². The minimum absolute atomic E-state index is 0.308. The highest BCUT2D eigenvalue weighted by atomic mass is 32.1. The van der Waals surface area contributed by atoms with Crippen molar-refractivity contribution in [3.63, 3.8) is 0 Å². The predicted octanol–water partition coefficient (Wildman–Crippen LogP) is 4.31. The maximum Gasteiger partial charge on any atom is 0.186 e. The Balaban J connectivity index is 1.74. The third-order valence-electron chi connectivity index (χ3n) is 4.98. The van der Waals surface area contributed by atoms with Gasteiger partial charge in [-0.1, -0.05) is 32.1 Å². The summed E-state index contributed by atoms with van der Waals surface area (Å²) in [5, 5.41) is 1.09. The largest absolute Gasteiger partial charge is 0.348 e. The van der Waals surface area contributed by atoms with Crippen molar-refractivity contribution in [3.05, 3.63) is 10.6 Å². The van der Waals surface area contributed by atoms with E-state index in [2.05, 4.69) is 25.7 Å². The fourth-order valence-electron chi connectivity index (χ4n) is 3.55. The van der Waals surface area contributed by atoms with Crippen LogP contribution in [-0.2, 0) is 6.42 Å². The molecular formula is C17H26N2OS. The zero-order valence-electron chi connectivity index (χ0n) is 13.4. The second-order valence-electron chi connectivity index (χ2n) is 7.53. The van der Waals surface area contributed by atoms with Gasteiger partial charge in [0, 0.05) is 19.5 Å². The Bertz CT molecular complexity index is 529. The van der Waals surface area contributed by atoms with E-state index in [1.807, 2.05) is 0 Å². The molecule has 1 aliphatic heterocycles. The molecular weight excluding hydrogens is 280 g/mol. The zero-order chi connectivity index (χ0) is 15.0. The highest BCUT2D eigenvalue weighted by Gasteiger charge is 2.29. The van der Waals surface area contributed by atoms with Crippen molar-refractivity contribution in [3.8, 4) is 0 Å². The highest BCUT2D eigenvalue weighted by Crippen LogP contribution is 2.37. The summed E-state index contributed by atoms with van der Waals surface area (Å²) in [4.78, 5) is 20.1. The smallest absolute Gasteiger partial charge is 0.186 e. The predicted molar refractivity (Wildman–Crippen MR) is 88.4 cm³/mol. The van der Waals surface area contributed by atoms with E-state index in [1.54, 1.807) is 11.3 Å². The minimum atomic E-state index is 0.308. The quantitative estimate of drug-likeness (QED) is 0.775. The molecule has 1 saturated heterocycles. The van der Waals surface area contributed by atoms with Crippen LogP contribution in [0.1, 0.15) is 68.2 Å². The van der Waals surface area contributed by atoms with Gasteiger partial charge in [0.25, 0.3) is 0 Å². The van der Waals surface area contributed by atoms with Gasteiger partial charge in [-0.2, -0.15) is 0 Å². The van der Waals surface area contributed by atoms with Gasteiger partial charge in [0.1, 0.15) is 0 Å². The van der Waals surface area contributed by atoms with Crippen LogP contribution in [-0.4, -0.2) is 23.9 Å². The average Bonchev–Trinajstić information content (AvgIpc) is 2.68. The summed E-state index contributed by atoms with van der Waals surface area (Å²) in [5.74, 6) is 1.10. The molecule has 0 spiro atoms. The molecule has 0 bridgehead atoms. The number of Topliss-reactive ketones (excluding diaryl/α,β-unsaturated/α-hetero) is 1. The molecule has 0 radical (unpaired) electrons. The van der Waals surface area contributed by atoms with Crippen LogP contribution < -0.4 is 4.90 Å². The van der Waals surface area contributed by atoms with Crippen LogP contribution in [0.25, 0.3) is 0 Å². The normalized spacial score (nSPS) is 23.9. The number of ketones is 1. The lowest BCUT2D eigenvalue weighted by atomic mass is 9.77. The van der Waals surface area contributed by atoms with Gasteiger partial charge in [-0.05, 0) is 43.4 Å². The van der Waals surface area contributed by atoms with E-state index in [-0.39, 0.29) is 0 Å². The first-order valence-electron chi connectivity index (χ1n) is 8.23. The van der Waals surface area contributed by atoms with Gasteiger partial charge >= 0.3 is 0 Å². The lowest BCUT2D eigenvalue weighted by molar-refractivity contribution is 0.0976. The summed E-state index contributed by atoms with van der Waals surface area (Å²) in [5.41, 5.74) is 1.46. The van der Waals surface area contributed by atoms with E-state index < -0.39 is 0 Å². The molecule has 3 rings (SSSR count). The molecule has 1 atom stereocenters. The van der Waals surface area contributed by atoms with Gasteiger partial charge in [0.05, 0.1) is 10.6 Å². The van der Waals surface area contributed by atoms with Crippen LogP contribution in [0.15, 0.2) is 0 Å². The van der Waals surface area contributed by atoms with Crippen LogP contribution in [0.5, 0.6) is 0 Å². The number of hydrogen-bond donors (Lipinski definition) is 0. The average molecular weight is 306 g/mol. The Labute approximate surface area is 131 Å². The van der Waals surface area contributed by atoms with Crippen molar-refractivity contribution in [2.45, 2.75) is 59.3 Å². The first kappa shape index (κ1) is 15.0. The van der Waals surface area contributed by atoms with Crippen LogP contribution in [0.4, 0.5) is 5.13 Å². The molecule has 2 heterocycles. The van der Waals surface area contributed by atoms with Gasteiger partial charge in [0.2, 0.25) is 0 Å². The van der Waals surface area contributed by atoms with Crippen molar-refractivity contribution in [2.24, 2.45) is 11.3 Å². The van der Waals surface area contributed by atoms with Crippen molar-refractivity contribution in [1.82, 2.24) is 4.98 Å². The zero-order valence-corrected chi connectivity index (χ0v) is 14.3. The van der Waals surface area contributed by atoms with E-state index >= 15 is 0 Å². The van der Waals surface area contributed by atoms with Gasteiger partial charge in [-0.25, -0.2) is 4.98 Å². The van der Waals surface area contributed by atoms with Crippen LogP contribution in [0, 0.1) is 11.3 Å². The Morgan fingerprint density at radius 1 is 1.14 bits per heavy atom. The Hall–Kier alpha value is -0.900.